The van der Waals surface area contributed by atoms with Gasteiger partial charge in [0.2, 0.25) is 5.91 Å². The van der Waals surface area contributed by atoms with Crippen molar-refractivity contribution in [2.45, 2.75) is 26.4 Å². The third-order valence-corrected chi connectivity index (χ3v) is 5.21. The first-order chi connectivity index (χ1) is 16.0. The van der Waals surface area contributed by atoms with E-state index in [0.29, 0.717) is 23.7 Å². The van der Waals surface area contributed by atoms with Crippen LogP contribution in [-0.4, -0.2) is 28.0 Å². The Morgan fingerprint density at radius 1 is 0.970 bits per heavy atom. The predicted octanol–water partition coefficient (Wildman–Crippen LogP) is 4.56. The van der Waals surface area contributed by atoms with Gasteiger partial charge in [0.25, 0.3) is 5.91 Å². The molecule has 0 radical (unpaired) electrons. The van der Waals surface area contributed by atoms with E-state index in [0.717, 1.165) is 16.8 Å². The van der Waals surface area contributed by atoms with Gasteiger partial charge >= 0.3 is 0 Å². The maximum atomic E-state index is 12.9. The molecule has 4 aromatic rings. The minimum atomic E-state index is -0.400. The molecule has 0 fully saturated rings. The average molecular weight is 443 g/mol. The van der Waals surface area contributed by atoms with Crippen molar-refractivity contribution in [2.24, 2.45) is 0 Å². The summed E-state index contributed by atoms with van der Waals surface area (Å²) in [4.78, 5) is 30.2. The van der Waals surface area contributed by atoms with E-state index in [4.69, 9.17) is 9.72 Å². The van der Waals surface area contributed by atoms with Crippen LogP contribution in [0, 0.1) is 0 Å². The van der Waals surface area contributed by atoms with Crippen LogP contribution in [0.5, 0.6) is 5.75 Å². The van der Waals surface area contributed by atoms with Gasteiger partial charge in [0.1, 0.15) is 18.1 Å². The van der Waals surface area contributed by atoms with Gasteiger partial charge < -0.3 is 19.9 Å². The fraction of sp³-hybridized carbons (Fsp3) is 0.192. The number of ether oxygens (including phenoxy) is 1. The van der Waals surface area contributed by atoms with Gasteiger partial charge in [0.05, 0.1) is 23.7 Å². The summed E-state index contributed by atoms with van der Waals surface area (Å²) in [6.07, 6.45) is 0. The Kier molecular flexibility index (Phi) is 6.69. The molecule has 33 heavy (non-hydrogen) atoms. The SMILES string of the molecule is CCOc1ccc(NC(=O)Cn2c(C(C)NC(=O)c3ccccc3)nc3ccccc32)cc1. The molecule has 1 unspecified atom stereocenters. The summed E-state index contributed by atoms with van der Waals surface area (Å²) in [5.41, 5.74) is 2.84. The van der Waals surface area contributed by atoms with Crippen molar-refractivity contribution < 1.29 is 14.3 Å². The second-order valence-corrected chi connectivity index (χ2v) is 7.61. The first-order valence-electron chi connectivity index (χ1n) is 10.9. The Labute approximate surface area is 192 Å². The monoisotopic (exact) mass is 442 g/mol. The molecule has 2 amide bonds. The van der Waals surface area contributed by atoms with Crippen LogP contribution in [0.4, 0.5) is 5.69 Å². The Morgan fingerprint density at radius 2 is 1.67 bits per heavy atom. The van der Waals surface area contributed by atoms with Crippen LogP contribution >= 0.6 is 0 Å². The second-order valence-electron chi connectivity index (χ2n) is 7.61. The van der Waals surface area contributed by atoms with Gasteiger partial charge in [-0.15, -0.1) is 0 Å². The minimum absolute atomic E-state index is 0.0641. The number of fused-ring (bicyclic) bond motifs is 1. The highest BCUT2D eigenvalue weighted by Gasteiger charge is 2.20. The Morgan fingerprint density at radius 3 is 2.39 bits per heavy atom. The number of benzene rings is 3. The molecule has 0 spiro atoms. The second kappa shape index (κ2) is 9.99. The van der Waals surface area contributed by atoms with Gasteiger partial charge in [0.15, 0.2) is 0 Å². The van der Waals surface area contributed by atoms with Gasteiger partial charge in [0, 0.05) is 11.3 Å². The molecular weight excluding hydrogens is 416 g/mol. The van der Waals surface area contributed by atoms with Crippen molar-refractivity contribution in [3.8, 4) is 5.75 Å². The van der Waals surface area contributed by atoms with E-state index in [-0.39, 0.29) is 18.4 Å². The lowest BCUT2D eigenvalue weighted by molar-refractivity contribution is -0.116. The number of imidazole rings is 1. The highest BCUT2D eigenvalue weighted by atomic mass is 16.5. The molecule has 0 saturated carbocycles. The number of hydrogen-bond acceptors (Lipinski definition) is 4. The van der Waals surface area contributed by atoms with Crippen LogP contribution < -0.4 is 15.4 Å². The molecule has 1 heterocycles. The number of hydrogen-bond donors (Lipinski definition) is 2. The quantitative estimate of drug-likeness (QED) is 0.419. The van der Waals surface area contributed by atoms with Crippen molar-refractivity contribution in [1.82, 2.24) is 14.9 Å². The van der Waals surface area contributed by atoms with E-state index in [1.54, 1.807) is 24.3 Å². The van der Waals surface area contributed by atoms with Crippen molar-refractivity contribution in [1.29, 1.82) is 0 Å². The van der Waals surface area contributed by atoms with Gasteiger partial charge in [-0.1, -0.05) is 30.3 Å². The fourth-order valence-electron chi connectivity index (χ4n) is 3.67. The number of nitrogens with zero attached hydrogens (tertiary/aromatic N) is 2. The Hall–Kier alpha value is -4.13. The molecule has 7 heteroatoms. The molecule has 7 nitrogen and oxygen atoms in total. The molecule has 0 saturated heterocycles. The average Bonchev–Trinajstić information content (AvgIpc) is 3.19. The lowest BCUT2D eigenvalue weighted by atomic mass is 10.2. The van der Waals surface area contributed by atoms with E-state index in [9.17, 15) is 9.59 Å². The molecule has 0 aliphatic heterocycles. The number of aromatic nitrogens is 2. The molecule has 1 atom stereocenters. The van der Waals surface area contributed by atoms with Gasteiger partial charge in [-0.05, 0) is 62.4 Å². The third-order valence-electron chi connectivity index (χ3n) is 5.21. The minimum Gasteiger partial charge on any atom is -0.494 e. The van der Waals surface area contributed by atoms with Crippen LogP contribution in [0.2, 0.25) is 0 Å². The summed E-state index contributed by atoms with van der Waals surface area (Å²) in [5, 5.41) is 5.90. The maximum Gasteiger partial charge on any atom is 0.251 e. The normalized spacial score (nSPS) is 11.7. The summed E-state index contributed by atoms with van der Waals surface area (Å²) in [6.45, 7) is 4.44. The summed E-state index contributed by atoms with van der Waals surface area (Å²) < 4.78 is 7.29. The first-order valence-corrected chi connectivity index (χ1v) is 10.9. The number of carbonyl (C=O) groups is 2. The number of para-hydroxylation sites is 2. The molecule has 4 rings (SSSR count). The summed E-state index contributed by atoms with van der Waals surface area (Å²) in [6, 6.07) is 23.5. The Balaban J connectivity index is 1.54. The lowest BCUT2D eigenvalue weighted by Crippen LogP contribution is -2.30. The van der Waals surface area contributed by atoms with E-state index in [1.165, 1.54) is 0 Å². The van der Waals surface area contributed by atoms with Crippen molar-refractivity contribution in [3.63, 3.8) is 0 Å². The van der Waals surface area contributed by atoms with Crippen LogP contribution in [0.3, 0.4) is 0 Å². The first kappa shape index (κ1) is 22.1. The number of nitrogens with one attached hydrogen (secondary N) is 2. The molecule has 0 bridgehead atoms. The topological polar surface area (TPSA) is 85.2 Å². The highest BCUT2D eigenvalue weighted by Crippen LogP contribution is 2.22. The maximum absolute atomic E-state index is 12.9. The lowest BCUT2D eigenvalue weighted by Gasteiger charge is -2.16. The fourth-order valence-corrected chi connectivity index (χ4v) is 3.67. The highest BCUT2D eigenvalue weighted by molar-refractivity contribution is 5.94. The van der Waals surface area contributed by atoms with Crippen LogP contribution in [0.15, 0.2) is 78.9 Å². The van der Waals surface area contributed by atoms with Crippen molar-refractivity contribution in [2.75, 3.05) is 11.9 Å². The Bertz CT molecular complexity index is 1250. The van der Waals surface area contributed by atoms with Crippen LogP contribution in [0.25, 0.3) is 11.0 Å². The predicted molar refractivity (Wildman–Crippen MR) is 128 cm³/mol. The molecule has 2 N–H and O–H groups in total. The van der Waals surface area contributed by atoms with Gasteiger partial charge in [-0.2, -0.15) is 0 Å². The summed E-state index contributed by atoms with van der Waals surface area (Å²) in [7, 11) is 0. The number of carbonyl (C=O) groups excluding carboxylic acids is 2. The number of amides is 2. The largest absolute Gasteiger partial charge is 0.494 e. The number of rotatable bonds is 8. The molecule has 168 valence electrons. The van der Waals surface area contributed by atoms with Crippen LogP contribution in [0.1, 0.15) is 36.1 Å². The van der Waals surface area contributed by atoms with Gasteiger partial charge in [-0.25, -0.2) is 4.98 Å². The molecule has 3 aromatic carbocycles. The zero-order valence-corrected chi connectivity index (χ0v) is 18.6. The van der Waals surface area contributed by atoms with E-state index in [1.807, 2.05) is 73.0 Å². The van der Waals surface area contributed by atoms with Crippen molar-refractivity contribution in [3.05, 3.63) is 90.3 Å². The molecule has 1 aromatic heterocycles. The van der Waals surface area contributed by atoms with Crippen LogP contribution in [-0.2, 0) is 11.3 Å². The molecule has 0 aliphatic carbocycles. The van der Waals surface area contributed by atoms with E-state index < -0.39 is 6.04 Å². The van der Waals surface area contributed by atoms with E-state index in [2.05, 4.69) is 10.6 Å². The van der Waals surface area contributed by atoms with Gasteiger partial charge in [-0.3, -0.25) is 9.59 Å². The zero-order valence-electron chi connectivity index (χ0n) is 18.6. The smallest absolute Gasteiger partial charge is 0.251 e. The molecular formula is C26H26N4O3. The third kappa shape index (κ3) is 5.20. The van der Waals surface area contributed by atoms with Crippen molar-refractivity contribution >= 4 is 28.5 Å². The zero-order chi connectivity index (χ0) is 23.2. The van der Waals surface area contributed by atoms with E-state index >= 15 is 0 Å². The number of anilines is 1. The molecule has 0 aliphatic rings. The standard InChI is InChI=1S/C26H26N4O3/c1-3-33-21-15-13-20(14-16-21)28-24(31)17-30-23-12-8-7-11-22(23)29-25(30)18(2)27-26(32)19-9-5-4-6-10-19/h4-16,18H,3,17H2,1-2H3,(H,27,32)(H,28,31). The summed E-state index contributed by atoms with van der Waals surface area (Å²) >= 11 is 0. The summed E-state index contributed by atoms with van der Waals surface area (Å²) in [5.74, 6) is 0.981.